The molecule has 1 aromatic carbocycles. The Morgan fingerprint density at radius 2 is 2.17 bits per heavy atom. The summed E-state index contributed by atoms with van der Waals surface area (Å²) < 4.78 is 0. The zero-order chi connectivity index (χ0) is 16.7. The molecule has 2 heterocycles. The molecule has 1 unspecified atom stereocenters. The maximum absolute atomic E-state index is 6.60. The zero-order valence-electron chi connectivity index (χ0n) is 14.7. The van der Waals surface area contributed by atoms with Crippen molar-refractivity contribution in [2.24, 2.45) is 5.73 Å². The van der Waals surface area contributed by atoms with E-state index in [-0.39, 0.29) is 5.54 Å². The maximum atomic E-state index is 6.60. The van der Waals surface area contributed by atoms with Gasteiger partial charge in [0.1, 0.15) is 0 Å². The lowest BCUT2D eigenvalue weighted by molar-refractivity contribution is 0.383. The van der Waals surface area contributed by atoms with E-state index < -0.39 is 0 Å². The SMILES string of the molecule is Cc1ccc2c(c1)[C@H]1CC(C)(N)CCC[C@@H]1N2Cc1ccccn1. The Labute approximate surface area is 144 Å². The highest BCUT2D eigenvalue weighted by molar-refractivity contribution is 5.63. The van der Waals surface area contributed by atoms with Gasteiger partial charge in [0.05, 0.1) is 12.2 Å². The van der Waals surface area contributed by atoms with Crippen molar-refractivity contribution >= 4 is 5.69 Å². The number of hydrogen-bond acceptors (Lipinski definition) is 3. The number of aryl methyl sites for hydroxylation is 1. The molecule has 2 aliphatic rings. The summed E-state index contributed by atoms with van der Waals surface area (Å²) >= 11 is 0. The topological polar surface area (TPSA) is 42.1 Å². The minimum Gasteiger partial charge on any atom is -0.362 e. The highest BCUT2D eigenvalue weighted by Gasteiger charge is 2.42. The Balaban J connectivity index is 1.74. The summed E-state index contributed by atoms with van der Waals surface area (Å²) in [6, 6.07) is 13.7. The van der Waals surface area contributed by atoms with Gasteiger partial charge in [-0.05, 0) is 63.3 Å². The Morgan fingerprint density at radius 1 is 1.29 bits per heavy atom. The van der Waals surface area contributed by atoms with Crippen molar-refractivity contribution in [2.75, 3.05) is 4.90 Å². The van der Waals surface area contributed by atoms with Gasteiger partial charge in [0, 0.05) is 29.4 Å². The van der Waals surface area contributed by atoms with Gasteiger partial charge in [0.15, 0.2) is 0 Å². The van der Waals surface area contributed by atoms with Crippen LogP contribution in [0, 0.1) is 6.92 Å². The predicted octanol–water partition coefficient (Wildman–Crippen LogP) is 4.15. The number of nitrogens with two attached hydrogens (primary N) is 1. The lowest BCUT2D eigenvalue weighted by atomic mass is 9.83. The largest absolute Gasteiger partial charge is 0.362 e. The van der Waals surface area contributed by atoms with Crippen LogP contribution in [-0.4, -0.2) is 16.6 Å². The van der Waals surface area contributed by atoms with Gasteiger partial charge in [-0.3, -0.25) is 4.98 Å². The van der Waals surface area contributed by atoms with Crippen LogP contribution in [0.5, 0.6) is 0 Å². The minimum atomic E-state index is -0.0541. The second-order valence-electron chi connectivity index (χ2n) is 7.94. The number of rotatable bonds is 2. The molecule has 1 aliphatic carbocycles. The average molecular weight is 321 g/mol. The summed E-state index contributed by atoms with van der Waals surface area (Å²) in [6.45, 7) is 5.31. The van der Waals surface area contributed by atoms with Gasteiger partial charge in [0.2, 0.25) is 0 Å². The molecule has 3 nitrogen and oxygen atoms in total. The molecule has 0 bridgehead atoms. The van der Waals surface area contributed by atoms with Crippen molar-refractivity contribution in [3.05, 3.63) is 59.4 Å². The lowest BCUT2D eigenvalue weighted by Gasteiger charge is -2.30. The highest BCUT2D eigenvalue weighted by atomic mass is 15.2. The standard InChI is InChI=1S/C21H27N3/c1-15-8-9-20-17(12-15)18-13-21(2,22)10-5-7-19(18)24(20)14-16-6-3-4-11-23-16/h3-4,6,8-9,11-12,18-19H,5,7,10,13-14,22H2,1-2H3/t18-,19+,21?/m1/s1. The van der Waals surface area contributed by atoms with Crippen LogP contribution in [0.4, 0.5) is 5.69 Å². The van der Waals surface area contributed by atoms with Gasteiger partial charge < -0.3 is 10.6 Å². The fraction of sp³-hybridized carbons (Fsp3) is 0.476. The first-order chi connectivity index (χ1) is 11.5. The summed E-state index contributed by atoms with van der Waals surface area (Å²) in [5.74, 6) is 0.543. The third kappa shape index (κ3) is 2.82. The van der Waals surface area contributed by atoms with E-state index in [1.807, 2.05) is 12.3 Å². The predicted molar refractivity (Wildman–Crippen MR) is 99.2 cm³/mol. The van der Waals surface area contributed by atoms with Crippen LogP contribution >= 0.6 is 0 Å². The molecular weight excluding hydrogens is 294 g/mol. The maximum Gasteiger partial charge on any atom is 0.0605 e. The van der Waals surface area contributed by atoms with E-state index in [4.69, 9.17) is 5.73 Å². The Bertz CT molecular complexity index is 723. The molecule has 4 rings (SSSR count). The first-order valence-electron chi connectivity index (χ1n) is 9.09. The molecule has 2 N–H and O–H groups in total. The third-order valence-electron chi connectivity index (χ3n) is 5.75. The summed E-state index contributed by atoms with van der Waals surface area (Å²) in [7, 11) is 0. The second-order valence-corrected chi connectivity index (χ2v) is 7.94. The third-order valence-corrected chi connectivity index (χ3v) is 5.75. The van der Waals surface area contributed by atoms with Crippen molar-refractivity contribution < 1.29 is 0 Å². The molecule has 126 valence electrons. The summed E-state index contributed by atoms with van der Waals surface area (Å²) in [4.78, 5) is 7.14. The number of nitrogens with zero attached hydrogens (tertiary/aromatic N) is 2. The van der Waals surface area contributed by atoms with E-state index in [9.17, 15) is 0 Å². The van der Waals surface area contributed by atoms with Crippen LogP contribution in [0.1, 0.15) is 55.3 Å². The van der Waals surface area contributed by atoms with Crippen molar-refractivity contribution in [3.8, 4) is 0 Å². The molecule has 1 fully saturated rings. The van der Waals surface area contributed by atoms with E-state index in [1.165, 1.54) is 29.7 Å². The van der Waals surface area contributed by atoms with Gasteiger partial charge in [-0.25, -0.2) is 0 Å². The van der Waals surface area contributed by atoms with E-state index in [1.54, 1.807) is 0 Å². The molecule has 0 amide bonds. The van der Waals surface area contributed by atoms with E-state index in [0.717, 1.165) is 25.1 Å². The van der Waals surface area contributed by atoms with Crippen molar-refractivity contribution in [2.45, 2.75) is 63.6 Å². The minimum absolute atomic E-state index is 0.0541. The summed E-state index contributed by atoms with van der Waals surface area (Å²) in [6.07, 6.45) is 6.52. The summed E-state index contributed by atoms with van der Waals surface area (Å²) in [5.41, 5.74) is 11.9. The molecule has 0 spiro atoms. The van der Waals surface area contributed by atoms with Gasteiger partial charge in [-0.15, -0.1) is 0 Å². The molecule has 0 radical (unpaired) electrons. The number of hydrogen-bond donors (Lipinski definition) is 1. The molecule has 1 aliphatic heterocycles. The normalized spacial score (nSPS) is 29.0. The number of anilines is 1. The average Bonchev–Trinajstić information content (AvgIpc) is 2.71. The highest BCUT2D eigenvalue weighted by Crippen LogP contribution is 2.49. The fourth-order valence-corrected chi connectivity index (χ4v) is 4.63. The quantitative estimate of drug-likeness (QED) is 0.903. The molecule has 3 heteroatoms. The molecule has 1 aromatic heterocycles. The lowest BCUT2D eigenvalue weighted by Crippen LogP contribution is -2.38. The van der Waals surface area contributed by atoms with Crippen LogP contribution in [0.3, 0.4) is 0 Å². The zero-order valence-corrected chi connectivity index (χ0v) is 14.7. The molecule has 0 saturated heterocycles. The van der Waals surface area contributed by atoms with Gasteiger partial charge >= 0.3 is 0 Å². The Kier molecular flexibility index (Phi) is 3.84. The van der Waals surface area contributed by atoms with Gasteiger partial charge in [-0.1, -0.05) is 23.8 Å². The van der Waals surface area contributed by atoms with Crippen LogP contribution in [0.25, 0.3) is 0 Å². The van der Waals surface area contributed by atoms with Crippen molar-refractivity contribution in [1.29, 1.82) is 0 Å². The van der Waals surface area contributed by atoms with Gasteiger partial charge in [-0.2, -0.15) is 0 Å². The number of benzene rings is 1. The summed E-state index contributed by atoms with van der Waals surface area (Å²) in [5, 5.41) is 0. The van der Waals surface area contributed by atoms with Crippen molar-refractivity contribution in [1.82, 2.24) is 4.98 Å². The molecule has 3 atom stereocenters. The monoisotopic (exact) mass is 321 g/mol. The molecule has 2 aromatic rings. The second kappa shape index (κ2) is 5.89. The first kappa shape index (κ1) is 15.6. The van der Waals surface area contributed by atoms with E-state index in [2.05, 4.69) is 54.1 Å². The molecule has 24 heavy (non-hydrogen) atoms. The van der Waals surface area contributed by atoms with E-state index in [0.29, 0.717) is 12.0 Å². The number of fused-ring (bicyclic) bond motifs is 3. The first-order valence-corrected chi connectivity index (χ1v) is 9.09. The number of pyridine rings is 1. The number of aromatic nitrogens is 1. The van der Waals surface area contributed by atoms with Crippen LogP contribution in [0.15, 0.2) is 42.6 Å². The van der Waals surface area contributed by atoms with Crippen molar-refractivity contribution in [3.63, 3.8) is 0 Å². The van der Waals surface area contributed by atoms with Crippen LogP contribution in [0.2, 0.25) is 0 Å². The molecule has 1 saturated carbocycles. The Hall–Kier alpha value is -1.87. The van der Waals surface area contributed by atoms with Crippen LogP contribution in [-0.2, 0) is 6.54 Å². The van der Waals surface area contributed by atoms with E-state index >= 15 is 0 Å². The van der Waals surface area contributed by atoms with Gasteiger partial charge in [0.25, 0.3) is 0 Å². The van der Waals surface area contributed by atoms with Crippen LogP contribution < -0.4 is 10.6 Å². The smallest absolute Gasteiger partial charge is 0.0605 e. The molecular formula is C21H27N3. The fourth-order valence-electron chi connectivity index (χ4n) is 4.63. The Morgan fingerprint density at radius 3 is 2.96 bits per heavy atom.